The summed E-state index contributed by atoms with van der Waals surface area (Å²) >= 11 is 5.85. The second kappa shape index (κ2) is 7.48. The Morgan fingerprint density at radius 2 is 1.91 bits per heavy atom. The Balaban J connectivity index is 2.53. The lowest BCUT2D eigenvalue weighted by atomic mass is 10.0. The van der Waals surface area contributed by atoms with E-state index in [9.17, 15) is 10.1 Å². The third kappa shape index (κ3) is 4.12. The summed E-state index contributed by atoms with van der Waals surface area (Å²) in [6, 6.07) is 13.5. The summed E-state index contributed by atoms with van der Waals surface area (Å²) in [5.74, 6) is -0.507. The van der Waals surface area contributed by atoms with Gasteiger partial charge in [-0.1, -0.05) is 23.7 Å². The number of rotatable bonds is 5. The molecule has 0 unspecified atom stereocenters. The Kier molecular flexibility index (Phi) is 5.40. The van der Waals surface area contributed by atoms with Crippen LogP contribution < -0.4 is 4.74 Å². The van der Waals surface area contributed by atoms with E-state index in [-0.39, 0.29) is 5.56 Å². The highest BCUT2D eigenvalue weighted by Crippen LogP contribution is 2.26. The van der Waals surface area contributed by atoms with Gasteiger partial charge in [-0.3, -0.25) is 0 Å². The molecule has 0 heterocycles. The fraction of sp³-hybridized carbons (Fsp3) is 0.111. The fourth-order valence-electron chi connectivity index (χ4n) is 2.05. The van der Waals surface area contributed by atoms with Crippen molar-refractivity contribution in [2.75, 3.05) is 6.61 Å². The maximum Gasteiger partial charge on any atom is 0.335 e. The minimum Gasteiger partial charge on any atom is -0.493 e. The van der Waals surface area contributed by atoms with E-state index in [1.54, 1.807) is 36.4 Å². The molecule has 1 N–H and O–H groups in total. The van der Waals surface area contributed by atoms with Crippen molar-refractivity contribution in [3.63, 3.8) is 0 Å². The standard InChI is InChI=1S/C18H14ClNO3/c1-2-23-17-8-5-13(18(21)22)9-14(17)10-15(11-20)12-3-6-16(19)7-4-12/h3-10H,2H2,1H3,(H,21,22)/b15-10+. The number of carboxylic acids is 1. The Labute approximate surface area is 139 Å². The molecule has 2 rings (SSSR count). The number of hydrogen-bond donors (Lipinski definition) is 1. The van der Waals surface area contributed by atoms with Crippen LogP contribution in [0.1, 0.15) is 28.4 Å². The van der Waals surface area contributed by atoms with Crippen molar-refractivity contribution in [3.8, 4) is 11.8 Å². The maximum atomic E-state index is 11.1. The molecule has 0 fully saturated rings. The second-order valence-electron chi connectivity index (χ2n) is 4.67. The topological polar surface area (TPSA) is 70.3 Å². The molecule has 2 aromatic rings. The fourth-order valence-corrected chi connectivity index (χ4v) is 2.17. The largest absolute Gasteiger partial charge is 0.493 e. The summed E-state index contributed by atoms with van der Waals surface area (Å²) in [7, 11) is 0. The SMILES string of the molecule is CCOc1ccc(C(=O)O)cc1/C=C(\C#N)c1ccc(Cl)cc1. The van der Waals surface area contributed by atoms with Crippen LogP contribution in [0.15, 0.2) is 42.5 Å². The average Bonchev–Trinajstić information content (AvgIpc) is 2.55. The van der Waals surface area contributed by atoms with Gasteiger partial charge in [0.15, 0.2) is 0 Å². The minimum absolute atomic E-state index is 0.132. The van der Waals surface area contributed by atoms with Crippen LogP contribution in [0.3, 0.4) is 0 Å². The van der Waals surface area contributed by atoms with Gasteiger partial charge < -0.3 is 9.84 Å². The van der Waals surface area contributed by atoms with Gasteiger partial charge in [0.1, 0.15) is 5.75 Å². The van der Waals surface area contributed by atoms with Gasteiger partial charge in [0.2, 0.25) is 0 Å². The summed E-state index contributed by atoms with van der Waals surface area (Å²) in [5.41, 5.74) is 1.76. The van der Waals surface area contributed by atoms with Gasteiger partial charge in [0.25, 0.3) is 0 Å². The molecule has 0 radical (unpaired) electrons. The van der Waals surface area contributed by atoms with E-state index in [1.165, 1.54) is 12.1 Å². The second-order valence-corrected chi connectivity index (χ2v) is 5.10. The summed E-state index contributed by atoms with van der Waals surface area (Å²) in [5, 5.41) is 19.1. The predicted molar refractivity (Wildman–Crippen MR) is 89.5 cm³/mol. The molecule has 116 valence electrons. The zero-order chi connectivity index (χ0) is 16.8. The molecular weight excluding hydrogens is 314 g/mol. The first-order valence-corrected chi connectivity index (χ1v) is 7.30. The van der Waals surface area contributed by atoms with E-state index in [1.807, 2.05) is 6.92 Å². The van der Waals surface area contributed by atoms with Crippen LogP contribution in [0.25, 0.3) is 11.6 Å². The van der Waals surface area contributed by atoms with Gasteiger partial charge in [-0.15, -0.1) is 0 Å². The highest BCUT2D eigenvalue weighted by Gasteiger charge is 2.10. The zero-order valence-corrected chi connectivity index (χ0v) is 13.2. The highest BCUT2D eigenvalue weighted by molar-refractivity contribution is 6.30. The molecule has 0 spiro atoms. The van der Waals surface area contributed by atoms with Crippen molar-refractivity contribution in [2.45, 2.75) is 6.92 Å². The van der Waals surface area contributed by atoms with Crippen molar-refractivity contribution in [1.82, 2.24) is 0 Å². The van der Waals surface area contributed by atoms with Crippen LogP contribution in [-0.2, 0) is 0 Å². The summed E-state index contributed by atoms with van der Waals surface area (Å²) in [6.45, 7) is 2.28. The molecular formula is C18H14ClNO3. The first-order chi connectivity index (χ1) is 11.0. The molecule has 0 aliphatic heterocycles. The monoisotopic (exact) mass is 327 g/mol. The first kappa shape index (κ1) is 16.6. The van der Waals surface area contributed by atoms with Crippen molar-refractivity contribution < 1.29 is 14.6 Å². The van der Waals surface area contributed by atoms with Gasteiger partial charge in [-0.05, 0) is 48.9 Å². The van der Waals surface area contributed by atoms with E-state index < -0.39 is 5.97 Å². The van der Waals surface area contributed by atoms with Crippen LogP contribution in [0.4, 0.5) is 0 Å². The molecule has 0 aromatic heterocycles. The molecule has 0 bridgehead atoms. The van der Waals surface area contributed by atoms with E-state index in [4.69, 9.17) is 21.4 Å². The molecule has 0 aliphatic rings. The number of ether oxygens (including phenoxy) is 1. The number of hydrogen-bond acceptors (Lipinski definition) is 3. The van der Waals surface area contributed by atoms with E-state index >= 15 is 0 Å². The minimum atomic E-state index is -1.03. The summed E-state index contributed by atoms with van der Waals surface area (Å²) < 4.78 is 5.50. The molecule has 0 atom stereocenters. The first-order valence-electron chi connectivity index (χ1n) is 6.93. The number of benzene rings is 2. The lowest BCUT2D eigenvalue weighted by Crippen LogP contribution is -2.00. The number of nitriles is 1. The lowest BCUT2D eigenvalue weighted by molar-refractivity contribution is 0.0697. The van der Waals surface area contributed by atoms with Crippen LogP contribution in [0.5, 0.6) is 5.75 Å². The molecule has 2 aromatic carbocycles. The van der Waals surface area contributed by atoms with Crippen molar-refractivity contribution in [3.05, 3.63) is 64.2 Å². The van der Waals surface area contributed by atoms with Crippen molar-refractivity contribution >= 4 is 29.2 Å². The van der Waals surface area contributed by atoms with Crippen LogP contribution in [0.2, 0.25) is 5.02 Å². The molecule has 5 heteroatoms. The lowest BCUT2D eigenvalue weighted by Gasteiger charge is -2.09. The van der Waals surface area contributed by atoms with E-state index in [0.29, 0.717) is 34.1 Å². The Hall–Kier alpha value is -2.77. The number of carbonyl (C=O) groups is 1. The number of allylic oxidation sites excluding steroid dienone is 1. The Morgan fingerprint density at radius 1 is 1.26 bits per heavy atom. The van der Waals surface area contributed by atoms with Gasteiger partial charge in [-0.2, -0.15) is 5.26 Å². The third-order valence-corrected chi connectivity index (χ3v) is 3.38. The molecule has 4 nitrogen and oxygen atoms in total. The van der Waals surface area contributed by atoms with Crippen molar-refractivity contribution in [2.24, 2.45) is 0 Å². The van der Waals surface area contributed by atoms with Crippen LogP contribution in [0, 0.1) is 11.3 Å². The average molecular weight is 328 g/mol. The van der Waals surface area contributed by atoms with Crippen LogP contribution in [-0.4, -0.2) is 17.7 Å². The van der Waals surface area contributed by atoms with E-state index in [2.05, 4.69) is 6.07 Å². The van der Waals surface area contributed by atoms with Gasteiger partial charge in [0, 0.05) is 10.6 Å². The molecule has 0 amide bonds. The summed E-state index contributed by atoms with van der Waals surface area (Å²) in [6.07, 6.45) is 1.61. The van der Waals surface area contributed by atoms with Gasteiger partial charge >= 0.3 is 5.97 Å². The Morgan fingerprint density at radius 3 is 2.48 bits per heavy atom. The molecule has 0 saturated heterocycles. The number of aromatic carboxylic acids is 1. The van der Waals surface area contributed by atoms with Gasteiger partial charge in [0.05, 0.1) is 23.8 Å². The number of halogens is 1. The highest BCUT2D eigenvalue weighted by atomic mass is 35.5. The van der Waals surface area contributed by atoms with Crippen molar-refractivity contribution in [1.29, 1.82) is 5.26 Å². The molecule has 0 saturated carbocycles. The normalized spacial score (nSPS) is 10.9. The Bertz CT molecular complexity index is 789. The summed E-state index contributed by atoms with van der Waals surface area (Å²) in [4.78, 5) is 11.1. The molecule has 0 aliphatic carbocycles. The zero-order valence-electron chi connectivity index (χ0n) is 12.4. The predicted octanol–water partition coefficient (Wildman–Crippen LogP) is 4.50. The molecule has 23 heavy (non-hydrogen) atoms. The number of carboxylic acid groups (broad SMARTS) is 1. The van der Waals surface area contributed by atoms with Crippen LogP contribution >= 0.6 is 11.6 Å². The maximum absolute atomic E-state index is 11.1. The van der Waals surface area contributed by atoms with E-state index in [0.717, 1.165) is 0 Å². The third-order valence-electron chi connectivity index (χ3n) is 3.13. The smallest absolute Gasteiger partial charge is 0.335 e. The van der Waals surface area contributed by atoms with Gasteiger partial charge in [-0.25, -0.2) is 4.79 Å². The number of nitrogens with zero attached hydrogens (tertiary/aromatic N) is 1. The quantitative estimate of drug-likeness (QED) is 0.648.